The van der Waals surface area contributed by atoms with E-state index in [0.29, 0.717) is 28.7 Å². The molecule has 0 amide bonds. The Labute approximate surface area is 149 Å². The average molecular weight is 366 g/mol. The van der Waals surface area contributed by atoms with Crippen LogP contribution in [-0.2, 0) is 20.8 Å². The molecule has 8 heteroatoms. The van der Waals surface area contributed by atoms with Crippen LogP contribution in [0.2, 0.25) is 0 Å². The minimum absolute atomic E-state index is 0.271. The molecule has 1 aromatic carbocycles. The van der Waals surface area contributed by atoms with Crippen LogP contribution in [0.5, 0.6) is 5.19 Å². The second kappa shape index (κ2) is 7.87. The minimum atomic E-state index is -0.628. The molecule has 0 N–H and O–H groups in total. The molecule has 1 aliphatic heterocycles. The smallest absolute Gasteiger partial charge is 0.294 e. The number of aromatic nitrogens is 2. The zero-order valence-corrected chi connectivity index (χ0v) is 15.1. The fourth-order valence-electron chi connectivity index (χ4n) is 1.91. The molecule has 2 heterocycles. The Balaban J connectivity index is 1.36. The molecule has 0 unspecified atom stereocenters. The maximum absolute atomic E-state index is 5.60. The molecule has 128 valence electrons. The highest BCUT2D eigenvalue weighted by Crippen LogP contribution is 2.26. The number of nitrogens with zero attached hydrogens (tertiary/aromatic N) is 2. The van der Waals surface area contributed by atoms with Crippen molar-refractivity contribution in [2.45, 2.75) is 31.4 Å². The highest BCUT2D eigenvalue weighted by molar-refractivity contribution is 7.99. The number of thioether (sulfide) groups is 1. The first-order chi connectivity index (χ1) is 11.6. The van der Waals surface area contributed by atoms with E-state index in [0.717, 1.165) is 5.56 Å². The van der Waals surface area contributed by atoms with Crippen molar-refractivity contribution in [3.63, 3.8) is 0 Å². The maximum Gasteiger partial charge on any atom is 0.294 e. The molecule has 1 aromatic heterocycles. The van der Waals surface area contributed by atoms with Crippen LogP contribution in [0.3, 0.4) is 0 Å². The van der Waals surface area contributed by atoms with Gasteiger partial charge in [-0.25, -0.2) is 0 Å². The largest absolute Gasteiger partial charge is 0.461 e. The van der Waals surface area contributed by atoms with Gasteiger partial charge in [0, 0.05) is 25.4 Å². The van der Waals surface area contributed by atoms with E-state index in [1.54, 1.807) is 6.26 Å². The normalized spacial score (nSPS) is 15.5. The van der Waals surface area contributed by atoms with Gasteiger partial charge < -0.3 is 18.9 Å². The highest BCUT2D eigenvalue weighted by Gasteiger charge is 2.27. The van der Waals surface area contributed by atoms with Crippen molar-refractivity contribution in [2.24, 2.45) is 0 Å². The highest BCUT2D eigenvalue weighted by atomic mass is 32.2. The lowest BCUT2D eigenvalue weighted by Crippen LogP contribution is -2.21. The Morgan fingerprint density at radius 3 is 2.79 bits per heavy atom. The van der Waals surface area contributed by atoms with Gasteiger partial charge >= 0.3 is 0 Å². The number of hydrogen-bond acceptors (Lipinski definition) is 8. The number of benzene rings is 1. The molecule has 0 radical (unpaired) electrons. The second-order valence-corrected chi connectivity index (χ2v) is 7.04. The van der Waals surface area contributed by atoms with Gasteiger partial charge in [-0.2, -0.15) is 9.36 Å². The summed E-state index contributed by atoms with van der Waals surface area (Å²) in [6.07, 6.45) is 1.56. The lowest BCUT2D eigenvalue weighted by atomic mass is 10.2. The van der Waals surface area contributed by atoms with Gasteiger partial charge in [-0.1, -0.05) is 42.1 Å². The summed E-state index contributed by atoms with van der Waals surface area (Å²) in [7, 11) is 0. The molecular formula is C16H18N2O4S2. The van der Waals surface area contributed by atoms with Crippen molar-refractivity contribution >= 4 is 23.3 Å². The van der Waals surface area contributed by atoms with E-state index >= 15 is 0 Å². The second-order valence-electron chi connectivity index (χ2n) is 5.43. The van der Waals surface area contributed by atoms with E-state index < -0.39 is 5.79 Å². The molecule has 0 aliphatic carbocycles. The van der Waals surface area contributed by atoms with Crippen molar-refractivity contribution in [1.29, 1.82) is 0 Å². The summed E-state index contributed by atoms with van der Waals surface area (Å²) < 4.78 is 26.3. The third-order valence-corrected chi connectivity index (χ3v) is 4.43. The predicted octanol–water partition coefficient (Wildman–Crippen LogP) is 3.81. The number of ether oxygens (including phenoxy) is 4. The average Bonchev–Trinajstić information content (AvgIpc) is 3.16. The topological polar surface area (TPSA) is 62.7 Å². The quantitative estimate of drug-likeness (QED) is 0.400. The summed E-state index contributed by atoms with van der Waals surface area (Å²) in [5.74, 6) is 0.494. The molecule has 1 aliphatic rings. The fourth-order valence-corrected chi connectivity index (χ4v) is 3.15. The SMILES string of the molecule is CC1(C)OC=C(COc2nc(SCOCc3ccccc3)ns2)O1. The Hall–Kier alpha value is -1.77. The van der Waals surface area contributed by atoms with Gasteiger partial charge in [0.1, 0.15) is 12.2 Å². The Bertz CT molecular complexity index is 688. The summed E-state index contributed by atoms with van der Waals surface area (Å²) in [4.78, 5) is 4.30. The van der Waals surface area contributed by atoms with Gasteiger partial charge in [0.05, 0.1) is 6.61 Å². The molecule has 2 aromatic rings. The van der Waals surface area contributed by atoms with Crippen molar-refractivity contribution in [1.82, 2.24) is 9.36 Å². The van der Waals surface area contributed by atoms with Gasteiger partial charge in [0.2, 0.25) is 10.9 Å². The van der Waals surface area contributed by atoms with E-state index in [9.17, 15) is 0 Å². The van der Waals surface area contributed by atoms with Crippen LogP contribution in [0.15, 0.2) is 47.5 Å². The summed E-state index contributed by atoms with van der Waals surface area (Å²) in [6, 6.07) is 10.0. The molecule has 0 saturated heterocycles. The molecule has 3 rings (SSSR count). The first kappa shape index (κ1) is 17.1. The lowest BCUT2D eigenvalue weighted by molar-refractivity contribution is -0.119. The number of rotatable bonds is 8. The van der Waals surface area contributed by atoms with E-state index in [1.165, 1.54) is 23.3 Å². The molecule has 0 fully saturated rings. The predicted molar refractivity (Wildman–Crippen MR) is 91.7 cm³/mol. The van der Waals surface area contributed by atoms with Crippen LogP contribution < -0.4 is 4.74 Å². The summed E-state index contributed by atoms with van der Waals surface area (Å²) >= 11 is 2.64. The molecule has 24 heavy (non-hydrogen) atoms. The standard InChI is InChI=1S/C16H18N2O4S2/c1-16(2)21-10-13(22-16)9-20-15-17-14(18-24-15)23-11-19-8-12-6-4-3-5-7-12/h3-7,10H,8-9,11H2,1-2H3. The summed E-state index contributed by atoms with van der Waals surface area (Å²) in [5, 5.41) is 1.13. The third kappa shape index (κ3) is 5.12. The molecule has 0 saturated carbocycles. The van der Waals surface area contributed by atoms with Crippen LogP contribution in [0.25, 0.3) is 0 Å². The molecule has 0 atom stereocenters. The molecular weight excluding hydrogens is 348 g/mol. The molecule has 0 spiro atoms. The third-order valence-electron chi connectivity index (χ3n) is 2.96. The van der Waals surface area contributed by atoms with Gasteiger partial charge in [0.25, 0.3) is 5.19 Å². The first-order valence-corrected chi connectivity index (χ1v) is 9.13. The Morgan fingerprint density at radius 1 is 1.21 bits per heavy atom. The Kier molecular flexibility index (Phi) is 5.60. The Morgan fingerprint density at radius 2 is 2.04 bits per heavy atom. The summed E-state index contributed by atoms with van der Waals surface area (Å²) in [6.45, 7) is 4.52. The van der Waals surface area contributed by atoms with Gasteiger partial charge in [-0.3, -0.25) is 0 Å². The van der Waals surface area contributed by atoms with E-state index in [2.05, 4.69) is 9.36 Å². The lowest BCUT2D eigenvalue weighted by Gasteiger charge is -2.17. The zero-order valence-electron chi connectivity index (χ0n) is 13.4. The zero-order chi connectivity index (χ0) is 16.8. The van der Waals surface area contributed by atoms with Crippen LogP contribution in [-0.4, -0.2) is 27.7 Å². The van der Waals surface area contributed by atoms with Crippen LogP contribution in [0.4, 0.5) is 0 Å². The van der Waals surface area contributed by atoms with Crippen LogP contribution in [0, 0.1) is 0 Å². The van der Waals surface area contributed by atoms with Crippen molar-refractivity contribution < 1.29 is 18.9 Å². The number of hydrogen-bond donors (Lipinski definition) is 0. The summed E-state index contributed by atoms with van der Waals surface area (Å²) in [5.41, 5.74) is 1.14. The fraction of sp³-hybridized carbons (Fsp3) is 0.375. The van der Waals surface area contributed by atoms with Crippen LogP contribution >= 0.6 is 23.3 Å². The molecule has 0 bridgehead atoms. The maximum atomic E-state index is 5.60. The van der Waals surface area contributed by atoms with Crippen molar-refractivity contribution in [3.8, 4) is 5.19 Å². The van der Waals surface area contributed by atoms with Gasteiger partial charge in [-0.15, -0.1) is 0 Å². The first-order valence-electron chi connectivity index (χ1n) is 7.38. The van der Waals surface area contributed by atoms with E-state index in [-0.39, 0.29) is 6.61 Å². The van der Waals surface area contributed by atoms with Gasteiger partial charge in [-0.05, 0) is 5.56 Å². The van der Waals surface area contributed by atoms with Crippen LogP contribution in [0.1, 0.15) is 19.4 Å². The monoisotopic (exact) mass is 366 g/mol. The van der Waals surface area contributed by atoms with E-state index in [4.69, 9.17) is 18.9 Å². The van der Waals surface area contributed by atoms with Gasteiger partial charge in [0.15, 0.2) is 12.4 Å². The minimum Gasteiger partial charge on any atom is -0.461 e. The molecule has 6 nitrogen and oxygen atoms in total. The van der Waals surface area contributed by atoms with Crippen molar-refractivity contribution in [3.05, 3.63) is 47.9 Å². The van der Waals surface area contributed by atoms with Crippen molar-refractivity contribution in [2.75, 3.05) is 12.5 Å². The van der Waals surface area contributed by atoms with E-state index in [1.807, 2.05) is 44.2 Å².